The molecular weight excluding hydrogens is 314 g/mol. The minimum atomic E-state index is -0.202. The highest BCUT2D eigenvalue weighted by Gasteiger charge is 2.29. The molecule has 2 nitrogen and oxygen atoms in total. The summed E-state index contributed by atoms with van der Waals surface area (Å²) in [5, 5.41) is 2.95. The van der Waals surface area contributed by atoms with Gasteiger partial charge in [0.1, 0.15) is 5.25 Å². The average molecular weight is 340 g/mol. The zero-order valence-electron chi connectivity index (χ0n) is 14.6. The van der Waals surface area contributed by atoms with Crippen LogP contribution < -0.4 is 5.32 Å². The Balaban J connectivity index is 1.79. The molecule has 0 unspecified atom stereocenters. The molecule has 2 aromatic rings. The number of amides is 1. The maximum atomic E-state index is 12.7. The van der Waals surface area contributed by atoms with E-state index in [0.717, 1.165) is 23.3 Å². The first kappa shape index (κ1) is 17.1. The van der Waals surface area contributed by atoms with E-state index in [-0.39, 0.29) is 16.6 Å². The first-order valence-corrected chi connectivity index (χ1v) is 9.44. The highest BCUT2D eigenvalue weighted by Crippen LogP contribution is 2.37. The van der Waals surface area contributed by atoms with Crippen molar-refractivity contribution in [3.63, 3.8) is 0 Å². The normalized spacial score (nSPS) is 15.8. The van der Waals surface area contributed by atoms with Crippen molar-refractivity contribution in [1.82, 2.24) is 5.32 Å². The Labute approximate surface area is 149 Å². The molecule has 0 heterocycles. The van der Waals surface area contributed by atoms with E-state index in [4.69, 9.17) is 0 Å². The number of nitrogens with one attached hydrogen (secondary N) is 1. The van der Waals surface area contributed by atoms with E-state index in [2.05, 4.69) is 50.4 Å². The standard InChI is InChI=1S/C21H25NOS/c1-21(2,3)16-9-13-18(14-10-16)24-19(15-7-5-4-6-8-15)20(23)22-17-11-12-17/h4-10,13-14,17,19H,11-12H2,1-3H3,(H,22,23)/t19-/m1/s1. The Kier molecular flexibility index (Phi) is 5.00. The molecule has 3 heteroatoms. The van der Waals surface area contributed by atoms with Gasteiger partial charge in [-0.3, -0.25) is 4.79 Å². The van der Waals surface area contributed by atoms with Gasteiger partial charge in [0.15, 0.2) is 0 Å². The fourth-order valence-electron chi connectivity index (χ4n) is 2.57. The average Bonchev–Trinajstić information content (AvgIpc) is 3.37. The number of carbonyl (C=O) groups is 1. The lowest BCUT2D eigenvalue weighted by Crippen LogP contribution is -2.29. The highest BCUT2D eigenvalue weighted by atomic mass is 32.2. The number of hydrogen-bond acceptors (Lipinski definition) is 2. The number of benzene rings is 2. The van der Waals surface area contributed by atoms with Crippen LogP contribution in [0, 0.1) is 0 Å². The summed E-state index contributed by atoms with van der Waals surface area (Å²) >= 11 is 1.63. The summed E-state index contributed by atoms with van der Waals surface area (Å²) in [6.07, 6.45) is 2.22. The minimum Gasteiger partial charge on any atom is -0.352 e. The smallest absolute Gasteiger partial charge is 0.238 e. The number of rotatable bonds is 5. The fraction of sp³-hybridized carbons (Fsp3) is 0.381. The lowest BCUT2D eigenvalue weighted by atomic mass is 9.87. The largest absolute Gasteiger partial charge is 0.352 e. The van der Waals surface area contributed by atoms with Gasteiger partial charge < -0.3 is 5.32 Å². The van der Waals surface area contributed by atoms with Gasteiger partial charge in [-0.1, -0.05) is 63.2 Å². The van der Waals surface area contributed by atoms with Crippen LogP contribution in [0.3, 0.4) is 0 Å². The van der Waals surface area contributed by atoms with Crippen LogP contribution in [-0.2, 0) is 10.2 Å². The van der Waals surface area contributed by atoms with E-state index < -0.39 is 0 Å². The number of thioether (sulfide) groups is 1. The highest BCUT2D eigenvalue weighted by molar-refractivity contribution is 8.00. The van der Waals surface area contributed by atoms with Gasteiger partial charge in [-0.05, 0) is 41.5 Å². The van der Waals surface area contributed by atoms with Crippen molar-refractivity contribution in [2.24, 2.45) is 0 Å². The van der Waals surface area contributed by atoms with Crippen molar-refractivity contribution in [3.05, 3.63) is 65.7 Å². The molecule has 2 aromatic carbocycles. The van der Waals surface area contributed by atoms with Crippen molar-refractivity contribution in [2.45, 2.75) is 55.2 Å². The Morgan fingerprint density at radius 2 is 1.67 bits per heavy atom. The van der Waals surface area contributed by atoms with Crippen molar-refractivity contribution in [2.75, 3.05) is 0 Å². The number of hydrogen-bond donors (Lipinski definition) is 1. The SMILES string of the molecule is CC(C)(C)c1ccc(S[C@@H](C(=O)NC2CC2)c2ccccc2)cc1. The Morgan fingerprint density at radius 1 is 1.04 bits per heavy atom. The minimum absolute atomic E-state index is 0.119. The lowest BCUT2D eigenvalue weighted by molar-refractivity contribution is -0.120. The van der Waals surface area contributed by atoms with Crippen molar-refractivity contribution >= 4 is 17.7 Å². The van der Waals surface area contributed by atoms with Crippen LogP contribution in [0.25, 0.3) is 0 Å². The molecule has 1 aliphatic carbocycles. The fourth-order valence-corrected chi connectivity index (χ4v) is 3.61. The zero-order chi connectivity index (χ0) is 17.2. The summed E-state index contributed by atoms with van der Waals surface area (Å²) in [6.45, 7) is 6.64. The van der Waals surface area contributed by atoms with Gasteiger partial charge in [-0.25, -0.2) is 0 Å². The molecule has 1 atom stereocenters. The van der Waals surface area contributed by atoms with Crippen LogP contribution in [-0.4, -0.2) is 11.9 Å². The van der Waals surface area contributed by atoms with Gasteiger partial charge in [0.05, 0.1) is 0 Å². The molecule has 1 amide bonds. The number of carbonyl (C=O) groups excluding carboxylic acids is 1. The monoisotopic (exact) mass is 339 g/mol. The Bertz CT molecular complexity index is 684. The first-order valence-electron chi connectivity index (χ1n) is 8.56. The van der Waals surface area contributed by atoms with Crippen molar-refractivity contribution in [1.29, 1.82) is 0 Å². The van der Waals surface area contributed by atoms with Crippen LogP contribution in [0.5, 0.6) is 0 Å². The van der Waals surface area contributed by atoms with Crippen LogP contribution >= 0.6 is 11.8 Å². The van der Waals surface area contributed by atoms with E-state index in [1.165, 1.54) is 5.56 Å². The summed E-state index contributed by atoms with van der Waals surface area (Å²) in [5.41, 5.74) is 2.51. The molecule has 0 aromatic heterocycles. The molecule has 126 valence electrons. The summed E-state index contributed by atoms with van der Waals surface area (Å²) in [6, 6.07) is 19.0. The van der Waals surface area contributed by atoms with Gasteiger partial charge in [0, 0.05) is 10.9 Å². The Hall–Kier alpha value is -1.74. The third kappa shape index (κ3) is 4.41. The second-order valence-electron chi connectivity index (χ2n) is 7.47. The molecule has 1 fully saturated rings. The van der Waals surface area contributed by atoms with Crippen LogP contribution in [0.4, 0.5) is 0 Å². The molecule has 0 spiro atoms. The van der Waals surface area contributed by atoms with Crippen molar-refractivity contribution < 1.29 is 4.79 Å². The quantitative estimate of drug-likeness (QED) is 0.768. The van der Waals surface area contributed by atoms with E-state index in [1.807, 2.05) is 30.3 Å². The van der Waals surface area contributed by atoms with E-state index >= 15 is 0 Å². The lowest BCUT2D eigenvalue weighted by Gasteiger charge is -2.20. The maximum absolute atomic E-state index is 12.7. The molecule has 3 rings (SSSR count). The molecule has 1 saturated carbocycles. The first-order chi connectivity index (χ1) is 11.4. The van der Waals surface area contributed by atoms with Crippen LogP contribution in [0.1, 0.15) is 50.0 Å². The molecule has 1 N–H and O–H groups in total. The van der Waals surface area contributed by atoms with Gasteiger partial charge >= 0.3 is 0 Å². The van der Waals surface area contributed by atoms with Crippen LogP contribution in [0.15, 0.2) is 59.5 Å². The molecule has 24 heavy (non-hydrogen) atoms. The van der Waals surface area contributed by atoms with Crippen molar-refractivity contribution in [3.8, 4) is 0 Å². The molecule has 0 saturated heterocycles. The second kappa shape index (κ2) is 7.02. The van der Waals surface area contributed by atoms with E-state index in [9.17, 15) is 4.79 Å². The summed E-state index contributed by atoms with van der Waals surface area (Å²) in [7, 11) is 0. The predicted octanol–water partition coefficient (Wildman–Crippen LogP) is 5.10. The zero-order valence-corrected chi connectivity index (χ0v) is 15.4. The topological polar surface area (TPSA) is 29.1 Å². The summed E-state index contributed by atoms with van der Waals surface area (Å²) in [5.74, 6) is 0.119. The van der Waals surface area contributed by atoms with Crippen LogP contribution in [0.2, 0.25) is 0 Å². The molecule has 0 aliphatic heterocycles. The van der Waals surface area contributed by atoms with E-state index in [0.29, 0.717) is 6.04 Å². The summed E-state index contributed by atoms with van der Waals surface area (Å²) < 4.78 is 0. The Morgan fingerprint density at radius 3 is 2.21 bits per heavy atom. The van der Waals surface area contributed by atoms with Gasteiger partial charge in [0.25, 0.3) is 0 Å². The van der Waals surface area contributed by atoms with Gasteiger partial charge in [0.2, 0.25) is 5.91 Å². The molecule has 0 radical (unpaired) electrons. The molecular formula is C21H25NOS. The van der Waals surface area contributed by atoms with Gasteiger partial charge in [-0.15, -0.1) is 11.8 Å². The third-order valence-electron chi connectivity index (χ3n) is 4.24. The second-order valence-corrected chi connectivity index (χ2v) is 8.64. The third-order valence-corrected chi connectivity index (χ3v) is 5.50. The predicted molar refractivity (Wildman–Crippen MR) is 101 cm³/mol. The summed E-state index contributed by atoms with van der Waals surface area (Å²) in [4.78, 5) is 13.8. The van der Waals surface area contributed by atoms with E-state index in [1.54, 1.807) is 11.8 Å². The molecule has 0 bridgehead atoms. The maximum Gasteiger partial charge on any atom is 0.238 e. The molecule has 1 aliphatic rings. The van der Waals surface area contributed by atoms with Gasteiger partial charge in [-0.2, -0.15) is 0 Å².